The largest absolute Gasteiger partial charge is 0.490 e. The SMILES string of the molecule is O=C(O)C(F)(F)F.O=C1N[C@H]2CCCN(C2)C(=O)C2(C/C=C\COc3ccccc31)CNC2. The number of fused-ring (bicyclic) bond motifs is 3. The molecule has 3 aliphatic heterocycles. The summed E-state index contributed by atoms with van der Waals surface area (Å²) >= 11 is 0. The average Bonchev–Trinajstić information content (AvgIpc) is 2.74. The van der Waals surface area contributed by atoms with E-state index in [0.717, 1.165) is 25.8 Å². The smallest absolute Gasteiger partial charge is 0.489 e. The summed E-state index contributed by atoms with van der Waals surface area (Å²) in [7, 11) is 0. The molecule has 0 aromatic heterocycles. The number of hydrogen-bond acceptors (Lipinski definition) is 5. The fourth-order valence-corrected chi connectivity index (χ4v) is 3.98. The zero-order valence-corrected chi connectivity index (χ0v) is 17.9. The molecule has 33 heavy (non-hydrogen) atoms. The summed E-state index contributed by atoms with van der Waals surface area (Å²) in [6.45, 7) is 3.17. The van der Waals surface area contributed by atoms with E-state index in [2.05, 4.69) is 10.6 Å². The first-order valence-corrected chi connectivity index (χ1v) is 10.6. The summed E-state index contributed by atoms with van der Waals surface area (Å²) in [5.41, 5.74) is 0.200. The number of nitrogens with zero attached hydrogens (tertiary/aromatic N) is 1. The summed E-state index contributed by atoms with van der Waals surface area (Å²) in [6, 6.07) is 7.29. The van der Waals surface area contributed by atoms with E-state index in [-0.39, 0.29) is 23.3 Å². The van der Waals surface area contributed by atoms with Crippen LogP contribution in [0.1, 0.15) is 29.6 Å². The van der Waals surface area contributed by atoms with Gasteiger partial charge in [-0.25, -0.2) is 4.79 Å². The van der Waals surface area contributed by atoms with Crippen molar-refractivity contribution in [1.82, 2.24) is 15.5 Å². The Kier molecular flexibility index (Phi) is 7.62. The minimum Gasteiger partial charge on any atom is -0.489 e. The van der Waals surface area contributed by atoms with Gasteiger partial charge in [0.25, 0.3) is 5.91 Å². The van der Waals surface area contributed by atoms with Gasteiger partial charge in [0, 0.05) is 32.2 Å². The van der Waals surface area contributed by atoms with Gasteiger partial charge >= 0.3 is 12.1 Å². The van der Waals surface area contributed by atoms with Crippen molar-refractivity contribution in [1.29, 1.82) is 0 Å². The maximum atomic E-state index is 13.1. The molecule has 0 unspecified atom stereocenters. The number of amides is 2. The highest BCUT2D eigenvalue weighted by atomic mass is 19.4. The number of halogens is 3. The topological polar surface area (TPSA) is 108 Å². The van der Waals surface area contributed by atoms with Crippen LogP contribution in [-0.4, -0.2) is 72.8 Å². The summed E-state index contributed by atoms with van der Waals surface area (Å²) in [6.07, 6.45) is 1.41. The van der Waals surface area contributed by atoms with Gasteiger partial charge in [0.15, 0.2) is 0 Å². The van der Waals surface area contributed by atoms with E-state index in [0.29, 0.717) is 37.6 Å². The molecule has 2 bridgehead atoms. The molecule has 180 valence electrons. The number of ether oxygens (including phenoxy) is 1. The third-order valence-electron chi connectivity index (χ3n) is 5.81. The molecule has 1 spiro atoms. The molecule has 1 aromatic carbocycles. The van der Waals surface area contributed by atoms with Crippen LogP contribution in [0, 0.1) is 5.41 Å². The van der Waals surface area contributed by atoms with Crippen molar-refractivity contribution in [3.05, 3.63) is 42.0 Å². The molecule has 1 aromatic rings. The number of alkyl halides is 3. The molecule has 0 aliphatic carbocycles. The van der Waals surface area contributed by atoms with E-state index in [9.17, 15) is 22.8 Å². The third kappa shape index (κ3) is 6.04. The molecule has 0 saturated carbocycles. The minimum atomic E-state index is -5.08. The van der Waals surface area contributed by atoms with Crippen LogP contribution >= 0.6 is 0 Å². The lowest BCUT2D eigenvalue weighted by Crippen LogP contribution is -2.63. The van der Waals surface area contributed by atoms with Crippen molar-refractivity contribution in [2.24, 2.45) is 5.41 Å². The Bertz CT molecular complexity index is 915. The molecular weight excluding hydrogens is 443 g/mol. The number of carbonyl (C=O) groups is 3. The summed E-state index contributed by atoms with van der Waals surface area (Å²) in [5.74, 6) is -2.10. The van der Waals surface area contributed by atoms with Crippen LogP contribution in [0.25, 0.3) is 0 Å². The molecule has 3 aliphatic rings. The van der Waals surface area contributed by atoms with Gasteiger partial charge in [-0.3, -0.25) is 9.59 Å². The number of nitrogens with one attached hydrogen (secondary N) is 2. The first-order valence-electron chi connectivity index (χ1n) is 10.6. The van der Waals surface area contributed by atoms with Crippen molar-refractivity contribution in [2.45, 2.75) is 31.5 Å². The molecule has 2 amide bonds. The number of carboxylic acid groups (broad SMARTS) is 1. The fourth-order valence-electron chi connectivity index (χ4n) is 3.98. The highest BCUT2D eigenvalue weighted by molar-refractivity contribution is 5.97. The number of carboxylic acids is 1. The van der Waals surface area contributed by atoms with Crippen molar-refractivity contribution < 1.29 is 37.4 Å². The van der Waals surface area contributed by atoms with Crippen molar-refractivity contribution in [3.8, 4) is 5.75 Å². The molecule has 3 N–H and O–H groups in total. The maximum Gasteiger partial charge on any atom is 0.490 e. The second kappa shape index (κ2) is 10.2. The molecular formula is C22H26F3N3O5. The predicted octanol–water partition coefficient (Wildman–Crippen LogP) is 1.97. The number of hydrogen-bond donors (Lipinski definition) is 3. The van der Waals surface area contributed by atoms with Gasteiger partial charge < -0.3 is 25.4 Å². The number of rotatable bonds is 0. The Morgan fingerprint density at radius 2 is 1.88 bits per heavy atom. The van der Waals surface area contributed by atoms with Gasteiger partial charge in [-0.1, -0.05) is 24.3 Å². The zero-order valence-electron chi connectivity index (χ0n) is 17.9. The predicted molar refractivity (Wildman–Crippen MR) is 112 cm³/mol. The Hall–Kier alpha value is -3.08. The zero-order chi connectivity index (χ0) is 24.1. The lowest BCUT2D eigenvalue weighted by atomic mass is 9.76. The van der Waals surface area contributed by atoms with E-state index in [1.807, 2.05) is 35.3 Å². The lowest BCUT2D eigenvalue weighted by Gasteiger charge is -2.45. The van der Waals surface area contributed by atoms with Crippen LogP contribution in [0.15, 0.2) is 36.4 Å². The van der Waals surface area contributed by atoms with Gasteiger partial charge in [-0.15, -0.1) is 0 Å². The highest BCUT2D eigenvalue weighted by Gasteiger charge is 2.46. The molecule has 0 radical (unpaired) electrons. The van der Waals surface area contributed by atoms with Gasteiger partial charge in [-0.05, 0) is 31.4 Å². The number of para-hydroxylation sites is 1. The van der Waals surface area contributed by atoms with Gasteiger partial charge in [0.05, 0.1) is 11.0 Å². The number of allylic oxidation sites excluding steroid dienone is 1. The Labute approximate surface area is 188 Å². The Morgan fingerprint density at radius 3 is 2.52 bits per heavy atom. The van der Waals surface area contributed by atoms with Crippen LogP contribution in [-0.2, 0) is 9.59 Å². The monoisotopic (exact) mass is 469 g/mol. The Morgan fingerprint density at radius 1 is 1.18 bits per heavy atom. The van der Waals surface area contributed by atoms with E-state index in [1.165, 1.54) is 0 Å². The van der Waals surface area contributed by atoms with Crippen LogP contribution < -0.4 is 15.4 Å². The molecule has 8 nitrogen and oxygen atoms in total. The standard InChI is InChI=1S/C20H25N3O3.C2HF3O2/c24-18-16-7-1-2-8-17(16)26-11-4-3-9-20(13-21-14-20)19(25)23-10-5-6-15(12-23)22-18;3-2(4,5)1(6)7/h1-4,7-8,15,21H,5-6,9-14H2,(H,22,24);(H,6,7)/b4-3-;/t15-;/m0./s1. The molecule has 4 rings (SSSR count). The quantitative estimate of drug-likeness (QED) is 0.502. The van der Waals surface area contributed by atoms with E-state index >= 15 is 0 Å². The molecule has 3 heterocycles. The number of aliphatic carboxylic acids is 1. The van der Waals surface area contributed by atoms with Crippen LogP contribution in [0.2, 0.25) is 0 Å². The highest BCUT2D eigenvalue weighted by Crippen LogP contribution is 2.32. The average molecular weight is 469 g/mol. The molecule has 2 saturated heterocycles. The van der Waals surface area contributed by atoms with Gasteiger partial charge in [-0.2, -0.15) is 13.2 Å². The number of carbonyl (C=O) groups excluding carboxylic acids is 2. The minimum absolute atomic E-state index is 0.0168. The summed E-state index contributed by atoms with van der Waals surface area (Å²) < 4.78 is 37.5. The van der Waals surface area contributed by atoms with Gasteiger partial charge in [0.2, 0.25) is 5.91 Å². The van der Waals surface area contributed by atoms with Crippen molar-refractivity contribution in [3.63, 3.8) is 0 Å². The molecule has 2 fully saturated rings. The van der Waals surface area contributed by atoms with Crippen LogP contribution in [0.4, 0.5) is 13.2 Å². The first kappa shape index (κ1) is 24.6. The second-order valence-corrected chi connectivity index (χ2v) is 8.23. The van der Waals surface area contributed by atoms with Crippen LogP contribution in [0.3, 0.4) is 0 Å². The third-order valence-corrected chi connectivity index (χ3v) is 5.81. The number of benzene rings is 1. The normalized spacial score (nSPS) is 23.5. The molecule has 1 atom stereocenters. The van der Waals surface area contributed by atoms with Crippen molar-refractivity contribution >= 4 is 17.8 Å². The maximum absolute atomic E-state index is 13.1. The Balaban J connectivity index is 0.000000383. The fraction of sp³-hybridized carbons (Fsp3) is 0.500. The van der Waals surface area contributed by atoms with Crippen molar-refractivity contribution in [2.75, 3.05) is 32.8 Å². The summed E-state index contributed by atoms with van der Waals surface area (Å²) in [5, 5.41) is 13.5. The van der Waals surface area contributed by atoms with E-state index in [4.69, 9.17) is 14.6 Å². The number of piperidine rings is 1. The van der Waals surface area contributed by atoms with Crippen LogP contribution in [0.5, 0.6) is 5.75 Å². The second-order valence-electron chi connectivity index (χ2n) is 8.23. The lowest BCUT2D eigenvalue weighted by molar-refractivity contribution is -0.192. The molecule has 11 heteroatoms. The van der Waals surface area contributed by atoms with E-state index in [1.54, 1.807) is 6.07 Å². The van der Waals surface area contributed by atoms with E-state index < -0.39 is 12.1 Å². The first-order chi connectivity index (χ1) is 15.6. The van der Waals surface area contributed by atoms with Gasteiger partial charge in [0.1, 0.15) is 12.4 Å². The summed E-state index contributed by atoms with van der Waals surface area (Å²) in [4.78, 5) is 36.7.